The number of amides is 1. The lowest BCUT2D eigenvalue weighted by Gasteiger charge is -2.29. The highest BCUT2D eigenvalue weighted by Gasteiger charge is 2.46. The summed E-state index contributed by atoms with van der Waals surface area (Å²) in [5, 5.41) is 14.9. The molecule has 24 heavy (non-hydrogen) atoms. The predicted octanol–water partition coefficient (Wildman–Crippen LogP) is 0.472. The lowest BCUT2D eigenvalue weighted by atomic mass is 9.97. The number of carboxylic acid groups (broad SMARTS) is 1. The van der Waals surface area contributed by atoms with Crippen molar-refractivity contribution in [2.75, 3.05) is 0 Å². The van der Waals surface area contributed by atoms with Crippen molar-refractivity contribution in [1.82, 2.24) is 15.2 Å². The van der Waals surface area contributed by atoms with Gasteiger partial charge in [-0.05, 0) is 33.6 Å². The van der Waals surface area contributed by atoms with Crippen molar-refractivity contribution in [3.05, 3.63) is 11.5 Å². The lowest BCUT2D eigenvalue weighted by molar-refractivity contribution is -0.142. The number of aromatic nitrogens is 1. The Morgan fingerprint density at radius 3 is 2.33 bits per heavy atom. The van der Waals surface area contributed by atoms with Gasteiger partial charge in [0.05, 0.1) is 0 Å². The minimum atomic E-state index is -4.04. The van der Waals surface area contributed by atoms with Gasteiger partial charge in [-0.3, -0.25) is 9.59 Å². The molecule has 0 spiro atoms. The molecule has 3 N–H and O–H groups in total. The van der Waals surface area contributed by atoms with Gasteiger partial charge in [-0.15, -0.1) is 0 Å². The van der Waals surface area contributed by atoms with Crippen LogP contribution in [-0.4, -0.2) is 42.1 Å². The number of nitrogens with one attached hydrogen (secondary N) is 2. The number of nitrogens with zero attached hydrogens (tertiary/aromatic N) is 1. The average Bonchev–Trinajstić information content (AvgIpc) is 3.06. The van der Waals surface area contributed by atoms with Gasteiger partial charge in [0.2, 0.25) is 15.9 Å². The fourth-order valence-electron chi connectivity index (χ4n) is 2.92. The fourth-order valence-corrected chi connectivity index (χ4v) is 4.67. The Bertz CT molecular complexity index is 729. The van der Waals surface area contributed by atoms with E-state index in [-0.39, 0.29) is 16.3 Å². The van der Waals surface area contributed by atoms with Crippen LogP contribution in [0, 0.1) is 13.8 Å². The summed E-state index contributed by atoms with van der Waals surface area (Å²) in [5.41, 5.74) is -1.16. The molecule has 134 valence electrons. The molecule has 1 aromatic rings. The highest BCUT2D eigenvalue weighted by molar-refractivity contribution is 7.89. The van der Waals surface area contributed by atoms with Gasteiger partial charge >= 0.3 is 5.97 Å². The van der Waals surface area contributed by atoms with E-state index in [1.165, 1.54) is 20.8 Å². The van der Waals surface area contributed by atoms with Gasteiger partial charge in [-0.2, -0.15) is 4.72 Å². The number of carbonyl (C=O) groups excluding carboxylic acids is 1. The molecule has 2 rings (SSSR count). The maximum atomic E-state index is 12.7. The summed E-state index contributed by atoms with van der Waals surface area (Å²) < 4.78 is 32.8. The second-order valence-electron chi connectivity index (χ2n) is 6.08. The Labute approximate surface area is 139 Å². The third kappa shape index (κ3) is 3.44. The number of hydrogen-bond donors (Lipinski definition) is 3. The molecule has 1 aromatic heterocycles. The second kappa shape index (κ2) is 6.52. The first-order chi connectivity index (χ1) is 11.1. The summed E-state index contributed by atoms with van der Waals surface area (Å²) in [6, 6.07) is -1.11. The molecule has 1 amide bonds. The van der Waals surface area contributed by atoms with Gasteiger partial charge in [0.15, 0.2) is 5.76 Å². The van der Waals surface area contributed by atoms with Crippen LogP contribution in [0.4, 0.5) is 0 Å². The van der Waals surface area contributed by atoms with E-state index in [4.69, 9.17) is 9.63 Å². The molecule has 1 unspecified atom stereocenters. The quantitative estimate of drug-likeness (QED) is 0.671. The minimum absolute atomic E-state index is 0.0899. The van der Waals surface area contributed by atoms with Crippen molar-refractivity contribution in [3.8, 4) is 0 Å². The lowest BCUT2D eigenvalue weighted by Crippen LogP contribution is -2.59. The van der Waals surface area contributed by atoms with Crippen molar-refractivity contribution in [1.29, 1.82) is 0 Å². The molecule has 0 saturated heterocycles. The number of rotatable bonds is 6. The van der Waals surface area contributed by atoms with Crippen molar-refractivity contribution in [3.63, 3.8) is 0 Å². The molecule has 1 fully saturated rings. The third-order valence-corrected chi connectivity index (χ3v) is 5.96. The normalized spacial score (nSPS) is 18.3. The molecular formula is C14H21N3O6S. The molecule has 0 aliphatic heterocycles. The van der Waals surface area contributed by atoms with E-state index >= 15 is 0 Å². The summed E-state index contributed by atoms with van der Waals surface area (Å²) in [6.45, 7) is 4.30. The van der Waals surface area contributed by atoms with Crippen molar-refractivity contribution < 1.29 is 27.6 Å². The number of aliphatic carboxylic acids is 1. The van der Waals surface area contributed by atoms with Crippen molar-refractivity contribution in [2.45, 2.75) is 62.9 Å². The standard InChI is InChI=1S/C14H21N3O6S/c1-8-11(10(3)23-16-8)24(21,22)17-14(6-4-5-7-14)13(20)15-9(2)12(18)19/h9,17H,4-7H2,1-3H3,(H,15,20)(H,18,19). The first-order valence-corrected chi connectivity index (χ1v) is 9.08. The highest BCUT2D eigenvalue weighted by atomic mass is 32.2. The number of carboxylic acids is 1. The van der Waals surface area contributed by atoms with E-state index in [2.05, 4.69) is 15.2 Å². The van der Waals surface area contributed by atoms with Crippen LogP contribution < -0.4 is 10.0 Å². The van der Waals surface area contributed by atoms with Crippen LogP contribution in [0.25, 0.3) is 0 Å². The molecule has 0 bridgehead atoms. The smallest absolute Gasteiger partial charge is 0.325 e. The van der Waals surface area contributed by atoms with Crippen LogP contribution in [-0.2, 0) is 19.6 Å². The largest absolute Gasteiger partial charge is 0.480 e. The van der Waals surface area contributed by atoms with Gasteiger partial charge in [0, 0.05) is 0 Å². The van der Waals surface area contributed by atoms with Crippen LogP contribution >= 0.6 is 0 Å². The van der Waals surface area contributed by atoms with Crippen LogP contribution in [0.2, 0.25) is 0 Å². The molecule has 1 aliphatic carbocycles. The summed E-state index contributed by atoms with van der Waals surface area (Å²) in [7, 11) is -4.04. The Hall–Kier alpha value is -1.94. The van der Waals surface area contributed by atoms with Gasteiger partial charge in [-0.25, -0.2) is 8.42 Å². The van der Waals surface area contributed by atoms with Gasteiger partial charge in [0.25, 0.3) is 0 Å². The SMILES string of the molecule is Cc1noc(C)c1S(=O)(=O)NC1(C(=O)NC(C)C(=O)O)CCCC1. The number of hydrogen-bond acceptors (Lipinski definition) is 6. The Morgan fingerprint density at radius 1 is 1.29 bits per heavy atom. The second-order valence-corrected chi connectivity index (χ2v) is 7.70. The highest BCUT2D eigenvalue weighted by Crippen LogP contribution is 2.32. The molecular weight excluding hydrogens is 338 g/mol. The van der Waals surface area contributed by atoms with Crippen LogP contribution in [0.3, 0.4) is 0 Å². The van der Waals surface area contributed by atoms with Crippen LogP contribution in [0.5, 0.6) is 0 Å². The summed E-state index contributed by atoms with van der Waals surface area (Å²) in [6.07, 6.45) is 1.93. The summed E-state index contributed by atoms with van der Waals surface area (Å²) in [5.74, 6) is -1.69. The molecule has 1 atom stereocenters. The average molecular weight is 359 g/mol. The Morgan fingerprint density at radius 2 is 1.88 bits per heavy atom. The topological polar surface area (TPSA) is 139 Å². The molecule has 1 saturated carbocycles. The van der Waals surface area contributed by atoms with E-state index < -0.39 is 33.5 Å². The van der Waals surface area contributed by atoms with Gasteiger partial charge in [0.1, 0.15) is 22.2 Å². The zero-order chi connectivity index (χ0) is 18.1. The third-order valence-electron chi connectivity index (χ3n) is 4.18. The summed E-state index contributed by atoms with van der Waals surface area (Å²) >= 11 is 0. The molecule has 9 nitrogen and oxygen atoms in total. The monoisotopic (exact) mass is 359 g/mol. The van der Waals surface area contributed by atoms with E-state index in [1.807, 2.05) is 0 Å². The molecule has 1 aliphatic rings. The zero-order valence-corrected chi connectivity index (χ0v) is 14.6. The number of carbonyl (C=O) groups is 2. The fraction of sp³-hybridized carbons (Fsp3) is 0.643. The van der Waals surface area contributed by atoms with Crippen LogP contribution in [0.15, 0.2) is 9.42 Å². The Kier molecular flexibility index (Phi) is 5.00. The molecule has 0 aromatic carbocycles. The number of sulfonamides is 1. The number of aryl methyl sites for hydroxylation is 2. The molecule has 0 radical (unpaired) electrons. The van der Waals surface area contributed by atoms with Crippen molar-refractivity contribution in [2.24, 2.45) is 0 Å². The maximum Gasteiger partial charge on any atom is 0.325 e. The first kappa shape index (κ1) is 18.4. The van der Waals surface area contributed by atoms with E-state index in [9.17, 15) is 18.0 Å². The Balaban J connectivity index is 2.31. The molecule has 10 heteroatoms. The van der Waals surface area contributed by atoms with Crippen molar-refractivity contribution >= 4 is 21.9 Å². The molecule has 1 heterocycles. The van der Waals surface area contributed by atoms with E-state index in [0.717, 1.165) is 0 Å². The first-order valence-electron chi connectivity index (χ1n) is 7.60. The van der Waals surface area contributed by atoms with E-state index in [0.29, 0.717) is 25.7 Å². The van der Waals surface area contributed by atoms with Gasteiger partial charge in [-0.1, -0.05) is 18.0 Å². The van der Waals surface area contributed by atoms with E-state index in [1.54, 1.807) is 0 Å². The zero-order valence-electron chi connectivity index (χ0n) is 13.7. The predicted molar refractivity (Wildman–Crippen MR) is 82.7 cm³/mol. The van der Waals surface area contributed by atoms with Gasteiger partial charge < -0.3 is 14.9 Å². The maximum absolute atomic E-state index is 12.7. The summed E-state index contributed by atoms with van der Waals surface area (Å²) in [4.78, 5) is 23.4. The van der Waals surface area contributed by atoms with Crippen LogP contribution in [0.1, 0.15) is 44.1 Å². The minimum Gasteiger partial charge on any atom is -0.480 e.